The van der Waals surface area contributed by atoms with Gasteiger partial charge in [0, 0.05) is 0 Å². The van der Waals surface area contributed by atoms with Gasteiger partial charge in [0.15, 0.2) is 12.6 Å². The molecule has 206 valence electrons. The molecule has 0 saturated carbocycles. The second-order valence-electron chi connectivity index (χ2n) is 8.45. The van der Waals surface area contributed by atoms with Crippen LogP contribution in [-0.2, 0) is 28.5 Å². The van der Waals surface area contributed by atoms with Crippen molar-refractivity contribution in [1.29, 1.82) is 0 Å². The van der Waals surface area contributed by atoms with Gasteiger partial charge in [-0.25, -0.2) is 5.90 Å². The summed E-state index contributed by atoms with van der Waals surface area (Å²) in [7, 11) is 0. The normalized spacial score (nSPS) is 51.3. The van der Waals surface area contributed by atoms with Crippen LogP contribution < -0.4 is 5.90 Å². The van der Waals surface area contributed by atoms with E-state index in [0.717, 1.165) is 0 Å². The van der Waals surface area contributed by atoms with Gasteiger partial charge in [-0.1, -0.05) is 0 Å². The van der Waals surface area contributed by atoms with Crippen LogP contribution in [0.25, 0.3) is 0 Å². The summed E-state index contributed by atoms with van der Waals surface area (Å²) in [6.07, 6.45) is -24.5. The zero-order valence-corrected chi connectivity index (χ0v) is 18.3. The molecule has 3 saturated heterocycles. The van der Waals surface area contributed by atoms with Crippen molar-refractivity contribution >= 4 is 0 Å². The highest BCUT2D eigenvalue weighted by Gasteiger charge is 2.53. The molecule has 17 nitrogen and oxygen atoms in total. The minimum Gasteiger partial charge on any atom is -0.394 e. The average molecular weight is 519 g/mol. The van der Waals surface area contributed by atoms with E-state index in [1.54, 1.807) is 0 Å². The van der Waals surface area contributed by atoms with Crippen LogP contribution in [0.5, 0.6) is 0 Å². The molecule has 0 aromatic heterocycles. The van der Waals surface area contributed by atoms with Gasteiger partial charge in [0.2, 0.25) is 6.29 Å². The summed E-state index contributed by atoms with van der Waals surface area (Å²) in [5.74, 6) is 4.99. The number of aliphatic hydroxyl groups excluding tert-OH is 10. The van der Waals surface area contributed by atoms with Gasteiger partial charge in [-0.05, 0) is 0 Å². The quantitative estimate of drug-likeness (QED) is 0.133. The molecular formula is C18H33NO16. The Morgan fingerprint density at radius 2 is 0.857 bits per heavy atom. The molecule has 0 aromatic rings. The van der Waals surface area contributed by atoms with Crippen LogP contribution in [0.3, 0.4) is 0 Å². The maximum atomic E-state index is 10.6. The van der Waals surface area contributed by atoms with Crippen molar-refractivity contribution in [3.8, 4) is 0 Å². The Morgan fingerprint density at radius 1 is 0.486 bits per heavy atom. The molecule has 0 bridgehead atoms. The number of nitrogens with two attached hydrogens (primary N) is 1. The minimum atomic E-state index is -1.90. The van der Waals surface area contributed by atoms with Crippen LogP contribution in [0.2, 0.25) is 0 Å². The Kier molecular flexibility index (Phi) is 10.1. The summed E-state index contributed by atoms with van der Waals surface area (Å²) in [6, 6.07) is 0. The molecule has 3 rings (SSSR count). The molecule has 3 aliphatic heterocycles. The first-order valence-electron chi connectivity index (χ1n) is 10.8. The Balaban J connectivity index is 1.72. The van der Waals surface area contributed by atoms with Gasteiger partial charge in [-0.2, -0.15) is 0 Å². The lowest BCUT2D eigenvalue weighted by atomic mass is 9.96. The summed E-state index contributed by atoms with van der Waals surface area (Å²) in [5.41, 5.74) is 0. The molecule has 0 amide bonds. The highest BCUT2D eigenvalue weighted by molar-refractivity contribution is 4.96. The van der Waals surface area contributed by atoms with Gasteiger partial charge in [0.05, 0.1) is 19.8 Å². The van der Waals surface area contributed by atoms with Crippen LogP contribution >= 0.6 is 0 Å². The number of aliphatic hydroxyl groups is 10. The molecule has 0 spiro atoms. The Hall–Kier alpha value is -0.680. The lowest BCUT2D eigenvalue weighted by Gasteiger charge is -2.48. The number of rotatable bonds is 8. The van der Waals surface area contributed by atoms with E-state index in [2.05, 4.69) is 4.84 Å². The lowest BCUT2D eigenvalue weighted by molar-refractivity contribution is -0.379. The molecule has 3 heterocycles. The van der Waals surface area contributed by atoms with E-state index in [4.69, 9.17) is 29.6 Å². The first-order chi connectivity index (χ1) is 16.6. The van der Waals surface area contributed by atoms with Crippen molar-refractivity contribution in [2.24, 2.45) is 5.90 Å². The summed E-state index contributed by atoms with van der Waals surface area (Å²) < 4.78 is 26.8. The van der Waals surface area contributed by atoms with Gasteiger partial charge in [0.25, 0.3) is 0 Å². The van der Waals surface area contributed by atoms with Crippen molar-refractivity contribution in [3.63, 3.8) is 0 Å². The maximum Gasteiger partial charge on any atom is 0.206 e. The Labute approximate surface area is 198 Å². The highest BCUT2D eigenvalue weighted by atomic mass is 16.8. The second kappa shape index (κ2) is 12.2. The van der Waals surface area contributed by atoms with Crippen molar-refractivity contribution in [3.05, 3.63) is 0 Å². The zero-order chi connectivity index (χ0) is 26.0. The largest absolute Gasteiger partial charge is 0.394 e. The van der Waals surface area contributed by atoms with Crippen LogP contribution in [0.1, 0.15) is 0 Å². The van der Waals surface area contributed by atoms with E-state index in [1.165, 1.54) is 0 Å². The van der Waals surface area contributed by atoms with Crippen molar-refractivity contribution in [2.45, 2.75) is 92.1 Å². The summed E-state index contributed by atoms with van der Waals surface area (Å²) in [4.78, 5) is 4.39. The standard InChI is InChI=1S/C18H33NO16/c19-35-18-13(29)10(26)15(6(3-22)32-18)34-17-12(28)9(25)14(5(2-21)31-17)33-16-11(27)8(24)7(23)4(1-20)30-16/h4-18,20-29H,1-3,19H2/t4-,5-,6-,7+,8+,9-,10-,11-,12-,13-,14+,15-,16-,17+,18-/m1/s1. The monoisotopic (exact) mass is 519 g/mol. The van der Waals surface area contributed by atoms with E-state index in [9.17, 15) is 51.1 Å². The van der Waals surface area contributed by atoms with Crippen LogP contribution in [0, 0.1) is 0 Å². The zero-order valence-electron chi connectivity index (χ0n) is 18.3. The number of hydrogen-bond acceptors (Lipinski definition) is 17. The smallest absolute Gasteiger partial charge is 0.206 e. The predicted octanol–water partition coefficient (Wildman–Crippen LogP) is -7.67. The molecule has 17 heteroatoms. The molecule has 0 aromatic carbocycles. The van der Waals surface area contributed by atoms with E-state index in [1.807, 2.05) is 0 Å². The van der Waals surface area contributed by atoms with Gasteiger partial charge >= 0.3 is 0 Å². The van der Waals surface area contributed by atoms with E-state index in [-0.39, 0.29) is 0 Å². The van der Waals surface area contributed by atoms with Gasteiger partial charge < -0.3 is 74.7 Å². The van der Waals surface area contributed by atoms with E-state index in [0.29, 0.717) is 0 Å². The van der Waals surface area contributed by atoms with Gasteiger partial charge in [-0.3, -0.25) is 4.84 Å². The van der Waals surface area contributed by atoms with Gasteiger partial charge in [-0.15, -0.1) is 0 Å². The summed E-state index contributed by atoms with van der Waals surface area (Å²) in [6.45, 7) is -2.28. The van der Waals surface area contributed by atoms with Crippen molar-refractivity contribution < 1.29 is 79.6 Å². The molecule has 0 radical (unpaired) electrons. The van der Waals surface area contributed by atoms with E-state index >= 15 is 0 Å². The molecule has 12 N–H and O–H groups in total. The fourth-order valence-corrected chi connectivity index (χ4v) is 4.16. The Bertz CT molecular complexity index is 656. The molecule has 0 unspecified atom stereocenters. The SMILES string of the molecule is NO[C@H]1O[C@H](CO)[C@@H](O[C@@H]2O[C@H](CO)[C@H](O[C@H]3O[C@H](CO)[C@H](O)[C@H](O)[C@H]3O)[C@H](O)[C@H]2O)[C@H](O)[C@H]1O. The van der Waals surface area contributed by atoms with Crippen LogP contribution in [0.15, 0.2) is 0 Å². The first-order valence-corrected chi connectivity index (χ1v) is 10.8. The summed E-state index contributed by atoms with van der Waals surface area (Å²) >= 11 is 0. The second-order valence-corrected chi connectivity index (χ2v) is 8.45. The average Bonchev–Trinajstić information content (AvgIpc) is 2.86. The number of hydrogen-bond donors (Lipinski definition) is 11. The van der Waals surface area contributed by atoms with Crippen LogP contribution in [0.4, 0.5) is 0 Å². The predicted molar refractivity (Wildman–Crippen MR) is 104 cm³/mol. The van der Waals surface area contributed by atoms with Crippen molar-refractivity contribution in [2.75, 3.05) is 19.8 Å². The molecule has 0 aliphatic carbocycles. The molecule has 35 heavy (non-hydrogen) atoms. The first kappa shape index (κ1) is 28.9. The number of ether oxygens (including phenoxy) is 5. The van der Waals surface area contributed by atoms with Crippen molar-refractivity contribution in [1.82, 2.24) is 0 Å². The third-order valence-electron chi connectivity index (χ3n) is 6.21. The molecular weight excluding hydrogens is 486 g/mol. The molecule has 3 aliphatic rings. The molecule has 15 atom stereocenters. The minimum absolute atomic E-state index is 0.730. The summed E-state index contributed by atoms with van der Waals surface area (Å²) in [5, 5.41) is 100. The fraction of sp³-hybridized carbons (Fsp3) is 1.00. The third-order valence-corrected chi connectivity index (χ3v) is 6.21. The molecule has 3 fully saturated rings. The third kappa shape index (κ3) is 5.76. The van der Waals surface area contributed by atoms with Gasteiger partial charge in [0.1, 0.15) is 73.2 Å². The highest BCUT2D eigenvalue weighted by Crippen LogP contribution is 2.32. The Morgan fingerprint density at radius 3 is 1.29 bits per heavy atom. The van der Waals surface area contributed by atoms with Crippen LogP contribution in [-0.4, -0.2) is 163 Å². The fourth-order valence-electron chi connectivity index (χ4n) is 4.16. The lowest BCUT2D eigenvalue weighted by Crippen LogP contribution is -2.66. The van der Waals surface area contributed by atoms with E-state index < -0.39 is 112 Å². The maximum absolute atomic E-state index is 10.6. The topological polar surface area (TPSA) is 284 Å².